The predicted octanol–water partition coefficient (Wildman–Crippen LogP) is 0.395. The molecule has 1 N–H and O–H groups in total. The van der Waals surface area contributed by atoms with Gasteiger partial charge in [0.1, 0.15) is 0 Å². The van der Waals surface area contributed by atoms with E-state index < -0.39 is 0 Å². The monoisotopic (exact) mass is 186 g/mol. The Balaban J connectivity index is 2.06. The molecule has 13 heavy (non-hydrogen) atoms. The highest BCUT2D eigenvalue weighted by atomic mass is 16.3. The zero-order chi connectivity index (χ0) is 9.68. The van der Waals surface area contributed by atoms with Crippen LogP contribution in [-0.2, 0) is 0 Å². The maximum atomic E-state index is 9.44. The summed E-state index contributed by atoms with van der Waals surface area (Å²) in [4.78, 5) is 4.58. The SMILES string of the molecule is CN(C)CCCN1CCC[C@H](O)C1. The lowest BCUT2D eigenvalue weighted by molar-refractivity contribution is 0.0691. The number of hydrogen-bond donors (Lipinski definition) is 1. The third kappa shape index (κ3) is 4.60. The molecule has 0 aliphatic carbocycles. The summed E-state index contributed by atoms with van der Waals surface area (Å²) in [5.41, 5.74) is 0. The van der Waals surface area contributed by atoms with E-state index in [1.54, 1.807) is 0 Å². The maximum absolute atomic E-state index is 9.44. The number of rotatable bonds is 4. The van der Waals surface area contributed by atoms with Gasteiger partial charge in [-0.2, -0.15) is 0 Å². The van der Waals surface area contributed by atoms with E-state index in [0.29, 0.717) is 0 Å². The zero-order valence-electron chi connectivity index (χ0n) is 8.87. The quantitative estimate of drug-likeness (QED) is 0.688. The first-order valence-electron chi connectivity index (χ1n) is 5.23. The highest BCUT2D eigenvalue weighted by molar-refractivity contribution is 4.71. The minimum Gasteiger partial charge on any atom is -0.392 e. The van der Waals surface area contributed by atoms with Gasteiger partial charge in [-0.1, -0.05) is 0 Å². The van der Waals surface area contributed by atoms with Crippen LogP contribution < -0.4 is 0 Å². The van der Waals surface area contributed by atoms with Gasteiger partial charge in [-0.3, -0.25) is 0 Å². The number of piperidine rings is 1. The number of likely N-dealkylation sites (tertiary alicyclic amines) is 1. The molecule has 0 saturated carbocycles. The van der Waals surface area contributed by atoms with Crippen LogP contribution >= 0.6 is 0 Å². The number of β-amino-alcohol motifs (C(OH)–C–C–N with tert-alkyl or cyclic N) is 1. The van der Waals surface area contributed by atoms with Crippen LogP contribution in [0.25, 0.3) is 0 Å². The van der Waals surface area contributed by atoms with Crippen molar-refractivity contribution in [3.8, 4) is 0 Å². The van der Waals surface area contributed by atoms with Crippen molar-refractivity contribution < 1.29 is 5.11 Å². The molecule has 0 aromatic carbocycles. The smallest absolute Gasteiger partial charge is 0.0667 e. The molecule has 1 heterocycles. The first kappa shape index (κ1) is 11.0. The Labute approximate surface area is 81.3 Å². The average Bonchev–Trinajstić information content (AvgIpc) is 2.03. The average molecular weight is 186 g/mol. The summed E-state index contributed by atoms with van der Waals surface area (Å²) in [5.74, 6) is 0. The van der Waals surface area contributed by atoms with Gasteiger partial charge in [-0.15, -0.1) is 0 Å². The fraction of sp³-hybridized carbons (Fsp3) is 1.00. The van der Waals surface area contributed by atoms with E-state index in [4.69, 9.17) is 0 Å². The van der Waals surface area contributed by atoms with Crippen LogP contribution in [0.1, 0.15) is 19.3 Å². The molecular weight excluding hydrogens is 164 g/mol. The van der Waals surface area contributed by atoms with Crippen LogP contribution in [0, 0.1) is 0 Å². The zero-order valence-corrected chi connectivity index (χ0v) is 8.87. The minimum absolute atomic E-state index is 0.0758. The summed E-state index contributed by atoms with van der Waals surface area (Å²) >= 11 is 0. The molecule has 0 amide bonds. The molecule has 0 aromatic heterocycles. The molecule has 1 atom stereocenters. The molecule has 3 heteroatoms. The van der Waals surface area contributed by atoms with Crippen LogP contribution in [0.3, 0.4) is 0 Å². The first-order chi connectivity index (χ1) is 6.18. The van der Waals surface area contributed by atoms with E-state index in [1.807, 2.05) is 0 Å². The van der Waals surface area contributed by atoms with Crippen molar-refractivity contribution in [2.24, 2.45) is 0 Å². The third-order valence-electron chi connectivity index (χ3n) is 2.56. The third-order valence-corrected chi connectivity index (χ3v) is 2.56. The standard InChI is InChI=1S/C10H22N2O/c1-11(2)6-4-8-12-7-3-5-10(13)9-12/h10,13H,3-9H2,1-2H3/t10-/m0/s1. The normalized spacial score (nSPS) is 25.4. The van der Waals surface area contributed by atoms with E-state index in [1.165, 1.54) is 13.0 Å². The van der Waals surface area contributed by atoms with Gasteiger partial charge in [-0.05, 0) is 53.0 Å². The second-order valence-corrected chi connectivity index (χ2v) is 4.25. The summed E-state index contributed by atoms with van der Waals surface area (Å²) in [5, 5.41) is 9.44. The highest BCUT2D eigenvalue weighted by Gasteiger charge is 2.16. The molecule has 1 saturated heterocycles. The van der Waals surface area contributed by atoms with E-state index >= 15 is 0 Å². The van der Waals surface area contributed by atoms with Gasteiger partial charge in [0.25, 0.3) is 0 Å². The van der Waals surface area contributed by atoms with Gasteiger partial charge < -0.3 is 14.9 Å². The lowest BCUT2D eigenvalue weighted by Crippen LogP contribution is -2.39. The Morgan fingerprint density at radius 3 is 2.85 bits per heavy atom. The molecule has 1 fully saturated rings. The fourth-order valence-electron chi connectivity index (χ4n) is 1.84. The number of aliphatic hydroxyl groups excluding tert-OH is 1. The topological polar surface area (TPSA) is 26.7 Å². The Bertz CT molecular complexity index is 139. The predicted molar refractivity (Wildman–Crippen MR) is 54.9 cm³/mol. The maximum Gasteiger partial charge on any atom is 0.0667 e. The molecule has 0 aromatic rings. The van der Waals surface area contributed by atoms with Crippen molar-refractivity contribution >= 4 is 0 Å². The van der Waals surface area contributed by atoms with Gasteiger partial charge in [0, 0.05) is 6.54 Å². The summed E-state index contributed by atoms with van der Waals surface area (Å²) in [7, 11) is 4.20. The summed E-state index contributed by atoms with van der Waals surface area (Å²) in [6.45, 7) is 4.33. The summed E-state index contributed by atoms with van der Waals surface area (Å²) in [6.07, 6.45) is 3.28. The van der Waals surface area contributed by atoms with E-state index in [9.17, 15) is 5.11 Å². The molecule has 0 unspecified atom stereocenters. The van der Waals surface area contributed by atoms with Gasteiger partial charge >= 0.3 is 0 Å². The number of nitrogens with zero attached hydrogens (tertiary/aromatic N) is 2. The molecule has 1 aliphatic heterocycles. The van der Waals surface area contributed by atoms with Crippen molar-refractivity contribution in [2.45, 2.75) is 25.4 Å². The molecule has 78 valence electrons. The lowest BCUT2D eigenvalue weighted by atomic mass is 10.1. The Kier molecular flexibility index (Phi) is 4.70. The first-order valence-corrected chi connectivity index (χ1v) is 5.23. The second-order valence-electron chi connectivity index (χ2n) is 4.25. The van der Waals surface area contributed by atoms with Crippen molar-refractivity contribution in [1.29, 1.82) is 0 Å². The van der Waals surface area contributed by atoms with Crippen LogP contribution in [0.2, 0.25) is 0 Å². The Morgan fingerprint density at radius 1 is 1.46 bits per heavy atom. The molecular formula is C10H22N2O. The molecule has 3 nitrogen and oxygen atoms in total. The summed E-state index contributed by atoms with van der Waals surface area (Å²) in [6, 6.07) is 0. The molecule has 1 aliphatic rings. The second kappa shape index (κ2) is 5.58. The van der Waals surface area contributed by atoms with Crippen LogP contribution in [0.4, 0.5) is 0 Å². The summed E-state index contributed by atoms with van der Waals surface area (Å²) < 4.78 is 0. The van der Waals surface area contributed by atoms with Crippen molar-refractivity contribution in [3.63, 3.8) is 0 Å². The Hall–Kier alpha value is -0.120. The van der Waals surface area contributed by atoms with Gasteiger partial charge in [0.2, 0.25) is 0 Å². The highest BCUT2D eigenvalue weighted by Crippen LogP contribution is 2.09. The van der Waals surface area contributed by atoms with E-state index in [2.05, 4.69) is 23.9 Å². The molecule has 0 bridgehead atoms. The van der Waals surface area contributed by atoms with Gasteiger partial charge in [0.05, 0.1) is 6.10 Å². The lowest BCUT2D eigenvalue weighted by Gasteiger charge is -2.30. The van der Waals surface area contributed by atoms with Gasteiger partial charge in [0.15, 0.2) is 0 Å². The van der Waals surface area contributed by atoms with E-state index in [-0.39, 0.29) is 6.10 Å². The van der Waals surface area contributed by atoms with Crippen molar-refractivity contribution in [2.75, 3.05) is 40.3 Å². The van der Waals surface area contributed by atoms with Crippen LogP contribution in [-0.4, -0.2) is 61.3 Å². The van der Waals surface area contributed by atoms with Crippen LogP contribution in [0.15, 0.2) is 0 Å². The number of hydrogen-bond acceptors (Lipinski definition) is 3. The molecule has 0 radical (unpaired) electrons. The largest absolute Gasteiger partial charge is 0.392 e. The molecule has 0 spiro atoms. The van der Waals surface area contributed by atoms with Gasteiger partial charge in [-0.25, -0.2) is 0 Å². The molecule has 1 rings (SSSR count). The van der Waals surface area contributed by atoms with E-state index in [0.717, 1.165) is 32.5 Å². The Morgan fingerprint density at radius 2 is 2.23 bits per heavy atom. The number of aliphatic hydroxyl groups is 1. The fourth-order valence-corrected chi connectivity index (χ4v) is 1.84. The van der Waals surface area contributed by atoms with Crippen LogP contribution in [0.5, 0.6) is 0 Å². The van der Waals surface area contributed by atoms with Crippen molar-refractivity contribution in [1.82, 2.24) is 9.80 Å². The van der Waals surface area contributed by atoms with Crippen molar-refractivity contribution in [3.05, 3.63) is 0 Å². The minimum atomic E-state index is -0.0758.